The number of thioether (sulfide) groups is 1. The third-order valence-corrected chi connectivity index (χ3v) is 7.32. The van der Waals surface area contributed by atoms with Gasteiger partial charge in [0.05, 0.1) is 27.4 Å². The van der Waals surface area contributed by atoms with Gasteiger partial charge in [0.2, 0.25) is 12.5 Å². The molecule has 1 saturated heterocycles. The van der Waals surface area contributed by atoms with Gasteiger partial charge in [0, 0.05) is 27.2 Å². The molecular formula is C24H13BrClN3O9S. The summed E-state index contributed by atoms with van der Waals surface area (Å²) in [5.41, 5.74) is -0.273. The maximum atomic E-state index is 13.2. The van der Waals surface area contributed by atoms with E-state index >= 15 is 0 Å². The molecule has 1 fully saturated rings. The number of benzene rings is 3. The molecule has 12 nitrogen and oxygen atoms in total. The molecule has 2 aliphatic rings. The second-order valence-corrected chi connectivity index (χ2v) is 10.3. The lowest BCUT2D eigenvalue weighted by Crippen LogP contribution is -2.27. The molecule has 0 N–H and O–H groups in total. The van der Waals surface area contributed by atoms with Crippen LogP contribution in [0.15, 0.2) is 57.9 Å². The third-order valence-electron chi connectivity index (χ3n) is 5.57. The monoisotopic (exact) mass is 633 g/mol. The van der Waals surface area contributed by atoms with Crippen molar-refractivity contribution >= 4 is 67.9 Å². The molecule has 0 bridgehead atoms. The van der Waals surface area contributed by atoms with Crippen LogP contribution in [0.5, 0.6) is 23.0 Å². The predicted molar refractivity (Wildman–Crippen MR) is 143 cm³/mol. The van der Waals surface area contributed by atoms with Gasteiger partial charge in [0.15, 0.2) is 11.5 Å². The summed E-state index contributed by atoms with van der Waals surface area (Å²) < 4.78 is 17.0. The Labute approximate surface area is 236 Å². The second kappa shape index (κ2) is 10.6. The fraction of sp³-hybridized carbons (Fsp3) is 0.0833. The smallest absolute Gasteiger partial charge is 0.318 e. The molecule has 3 aromatic rings. The molecule has 15 heteroatoms. The minimum absolute atomic E-state index is 0.0412. The summed E-state index contributed by atoms with van der Waals surface area (Å²) in [5, 5.41) is 22.3. The highest BCUT2D eigenvalue weighted by molar-refractivity contribution is 9.10. The van der Waals surface area contributed by atoms with Gasteiger partial charge < -0.3 is 14.2 Å². The number of hydrogen-bond acceptors (Lipinski definition) is 10. The Kier molecular flexibility index (Phi) is 7.16. The van der Waals surface area contributed by atoms with Crippen molar-refractivity contribution < 1.29 is 33.6 Å². The fourth-order valence-electron chi connectivity index (χ4n) is 3.72. The minimum atomic E-state index is -0.798. The topological polar surface area (TPSA) is 151 Å². The zero-order valence-corrected chi connectivity index (χ0v) is 22.4. The van der Waals surface area contributed by atoms with Crippen LogP contribution in [-0.2, 0) is 11.3 Å². The largest absolute Gasteiger partial charge is 0.454 e. The molecular weight excluding hydrogens is 622 g/mol. The SMILES string of the molecule is O=C1S/C(=C\c2cc(Br)ccc2Oc2ccc([N+](=O)[O-])cc2[N+](=O)[O-])C(=O)N1Cc1cc2c(cc1Cl)OCO2. The van der Waals surface area contributed by atoms with Crippen molar-refractivity contribution in [2.24, 2.45) is 0 Å². The van der Waals surface area contributed by atoms with Crippen LogP contribution in [0.2, 0.25) is 5.02 Å². The number of fused-ring (bicyclic) bond motifs is 1. The zero-order valence-electron chi connectivity index (χ0n) is 19.3. The van der Waals surface area contributed by atoms with Gasteiger partial charge in [-0.25, -0.2) is 0 Å². The van der Waals surface area contributed by atoms with Crippen LogP contribution < -0.4 is 14.2 Å². The van der Waals surface area contributed by atoms with E-state index in [1.165, 1.54) is 12.1 Å². The first kappa shape index (κ1) is 26.5. The Bertz CT molecular complexity index is 1610. The molecule has 0 aliphatic carbocycles. The van der Waals surface area contributed by atoms with Crippen LogP contribution in [0.1, 0.15) is 11.1 Å². The molecule has 2 heterocycles. The summed E-state index contributed by atoms with van der Waals surface area (Å²) in [7, 11) is 0. The standard InChI is InChI=1S/C24H13BrClN3O9S/c25-14-1-3-18(38-19-4-2-15(28(32)33)8-17(19)29(34)35)12(5-14)7-22-23(30)27(24(31)39-22)10-13-6-20-21(9-16(13)26)37-11-36-20/h1-9H,10-11H2/b22-7-. The quantitative estimate of drug-likeness (QED) is 0.156. The molecule has 2 amide bonds. The molecule has 0 saturated carbocycles. The van der Waals surface area contributed by atoms with Crippen molar-refractivity contribution in [2.75, 3.05) is 6.79 Å². The average molecular weight is 635 g/mol. The first-order valence-electron chi connectivity index (χ1n) is 10.8. The molecule has 198 valence electrons. The highest BCUT2D eigenvalue weighted by atomic mass is 79.9. The number of nitro groups is 2. The number of nitrogens with zero attached hydrogens (tertiary/aromatic N) is 3. The number of halogens is 2. The van der Waals surface area contributed by atoms with Gasteiger partial charge in [-0.3, -0.25) is 34.7 Å². The van der Waals surface area contributed by atoms with Crippen molar-refractivity contribution in [1.82, 2.24) is 4.90 Å². The minimum Gasteiger partial charge on any atom is -0.454 e. The number of amides is 2. The van der Waals surface area contributed by atoms with Crippen molar-refractivity contribution in [3.63, 3.8) is 0 Å². The lowest BCUT2D eigenvalue weighted by Gasteiger charge is -2.14. The van der Waals surface area contributed by atoms with Gasteiger partial charge in [-0.1, -0.05) is 27.5 Å². The number of nitro benzene ring substituents is 2. The lowest BCUT2D eigenvalue weighted by molar-refractivity contribution is -0.394. The van der Waals surface area contributed by atoms with Gasteiger partial charge in [0.1, 0.15) is 5.75 Å². The number of carbonyl (C=O) groups excluding carboxylic acids is 2. The number of carbonyl (C=O) groups is 2. The first-order chi connectivity index (χ1) is 18.6. The normalized spacial score (nSPS) is 15.2. The summed E-state index contributed by atoms with van der Waals surface area (Å²) in [6.45, 7) is -0.0617. The average Bonchev–Trinajstić information content (AvgIpc) is 3.44. The summed E-state index contributed by atoms with van der Waals surface area (Å²) >= 11 is 10.4. The second-order valence-electron chi connectivity index (χ2n) is 8.02. The van der Waals surface area contributed by atoms with Crippen molar-refractivity contribution in [1.29, 1.82) is 0 Å². The van der Waals surface area contributed by atoms with E-state index in [0.29, 0.717) is 43.9 Å². The molecule has 2 aliphatic heterocycles. The number of rotatable bonds is 7. The van der Waals surface area contributed by atoms with Gasteiger partial charge in [0.25, 0.3) is 16.8 Å². The van der Waals surface area contributed by atoms with Crippen LogP contribution in [0.25, 0.3) is 6.08 Å². The van der Waals surface area contributed by atoms with Gasteiger partial charge in [-0.15, -0.1) is 0 Å². The van der Waals surface area contributed by atoms with Crippen molar-refractivity contribution in [3.05, 3.63) is 94.3 Å². The van der Waals surface area contributed by atoms with Gasteiger partial charge in [-0.2, -0.15) is 0 Å². The first-order valence-corrected chi connectivity index (χ1v) is 12.8. The maximum absolute atomic E-state index is 13.2. The van der Waals surface area contributed by atoms with Crippen LogP contribution in [0.3, 0.4) is 0 Å². The van der Waals surface area contributed by atoms with E-state index in [4.69, 9.17) is 25.8 Å². The molecule has 0 unspecified atom stereocenters. The fourth-order valence-corrected chi connectivity index (χ4v) is 5.14. The van der Waals surface area contributed by atoms with Crippen LogP contribution in [0.4, 0.5) is 16.2 Å². The summed E-state index contributed by atoms with van der Waals surface area (Å²) in [5.74, 6) is 0.210. The molecule has 0 spiro atoms. The van der Waals surface area contributed by atoms with Crippen LogP contribution in [0, 0.1) is 20.2 Å². The molecule has 0 aromatic heterocycles. The van der Waals surface area contributed by atoms with Crippen LogP contribution >= 0.6 is 39.3 Å². The molecule has 0 radical (unpaired) electrons. The van der Waals surface area contributed by atoms with E-state index < -0.39 is 32.4 Å². The zero-order chi connectivity index (χ0) is 27.8. The number of hydrogen-bond donors (Lipinski definition) is 0. The van der Waals surface area contributed by atoms with Crippen LogP contribution in [-0.4, -0.2) is 32.7 Å². The molecule has 0 atom stereocenters. The van der Waals surface area contributed by atoms with Gasteiger partial charge >= 0.3 is 5.69 Å². The Hall–Kier alpha value is -4.14. The summed E-state index contributed by atoms with van der Waals surface area (Å²) in [6, 6.07) is 10.8. The third kappa shape index (κ3) is 5.39. The van der Waals surface area contributed by atoms with Gasteiger partial charge in [-0.05, 0) is 53.7 Å². The van der Waals surface area contributed by atoms with E-state index in [1.54, 1.807) is 24.3 Å². The van der Waals surface area contributed by atoms with E-state index in [1.807, 2.05) is 0 Å². The maximum Gasteiger partial charge on any atom is 0.318 e. The summed E-state index contributed by atoms with van der Waals surface area (Å²) in [6.07, 6.45) is 1.42. The summed E-state index contributed by atoms with van der Waals surface area (Å²) in [4.78, 5) is 48.0. The van der Waals surface area contributed by atoms with E-state index in [-0.39, 0.29) is 29.7 Å². The van der Waals surface area contributed by atoms with E-state index in [2.05, 4.69) is 15.9 Å². The number of non-ortho nitro benzene ring substituents is 1. The Morgan fingerprint density at radius 2 is 1.74 bits per heavy atom. The number of ether oxygens (including phenoxy) is 3. The highest BCUT2D eigenvalue weighted by Gasteiger charge is 2.36. The van der Waals surface area contributed by atoms with Crippen molar-refractivity contribution in [2.45, 2.75) is 6.54 Å². The Morgan fingerprint density at radius 1 is 1.03 bits per heavy atom. The predicted octanol–water partition coefficient (Wildman–Crippen LogP) is 6.68. The number of imide groups is 1. The highest BCUT2D eigenvalue weighted by Crippen LogP contribution is 2.41. The molecule has 3 aromatic carbocycles. The Balaban J connectivity index is 1.44. The van der Waals surface area contributed by atoms with E-state index in [0.717, 1.165) is 23.1 Å². The molecule has 39 heavy (non-hydrogen) atoms. The lowest BCUT2D eigenvalue weighted by atomic mass is 10.1. The Morgan fingerprint density at radius 3 is 2.46 bits per heavy atom. The van der Waals surface area contributed by atoms with Crippen molar-refractivity contribution in [3.8, 4) is 23.0 Å². The van der Waals surface area contributed by atoms with E-state index in [9.17, 15) is 29.8 Å². The molecule has 5 rings (SSSR count).